The van der Waals surface area contributed by atoms with Gasteiger partial charge in [0.05, 0.1) is 10.8 Å². The maximum Gasteiger partial charge on any atom is 0.335 e. The van der Waals surface area contributed by atoms with Crippen LogP contribution >= 0.6 is 0 Å². The molecule has 2 atom stereocenters. The van der Waals surface area contributed by atoms with Crippen molar-refractivity contribution < 1.29 is 34.4 Å². The van der Waals surface area contributed by atoms with Crippen LogP contribution in [0.4, 0.5) is 0 Å². The van der Waals surface area contributed by atoms with Crippen molar-refractivity contribution in [1.82, 2.24) is 0 Å². The molecule has 25 heavy (non-hydrogen) atoms. The molecule has 0 aliphatic carbocycles. The normalized spacial score (nSPS) is 12.9. The van der Waals surface area contributed by atoms with Gasteiger partial charge in [0.2, 0.25) is 5.43 Å². The Morgan fingerprint density at radius 1 is 0.760 bits per heavy atom. The fourth-order valence-corrected chi connectivity index (χ4v) is 2.02. The third kappa shape index (κ3) is 4.00. The van der Waals surface area contributed by atoms with Gasteiger partial charge in [-0.25, -0.2) is 9.59 Å². The summed E-state index contributed by atoms with van der Waals surface area (Å²) < 4.78 is 5.63. The Bertz CT molecular complexity index is 900. The van der Waals surface area contributed by atoms with Crippen molar-refractivity contribution in [2.24, 2.45) is 0 Å². The number of carboxylic acids is 2. The van der Waals surface area contributed by atoms with Gasteiger partial charge in [0.25, 0.3) is 0 Å². The first-order valence-electron chi connectivity index (χ1n) is 7.05. The summed E-state index contributed by atoms with van der Waals surface area (Å²) in [7, 11) is 0. The first-order valence-corrected chi connectivity index (χ1v) is 7.05. The molecule has 0 aliphatic heterocycles. The van der Waals surface area contributed by atoms with Gasteiger partial charge in [-0.15, -0.1) is 0 Å². The summed E-state index contributed by atoms with van der Waals surface area (Å²) in [4.78, 5) is 31.6. The lowest BCUT2D eigenvalue weighted by Crippen LogP contribution is -2.39. The Morgan fingerprint density at radius 2 is 1.12 bits per heavy atom. The van der Waals surface area contributed by atoms with Gasteiger partial charge in [-0.1, -0.05) is 24.3 Å². The monoisotopic (exact) mass is 346 g/mol. The van der Waals surface area contributed by atoms with Crippen LogP contribution < -0.4 is 5.43 Å². The highest BCUT2D eigenvalue weighted by atomic mass is 16.4. The number of carbonyl (C=O) groups is 2. The van der Waals surface area contributed by atoms with E-state index in [9.17, 15) is 14.4 Å². The van der Waals surface area contributed by atoms with Gasteiger partial charge in [-0.3, -0.25) is 4.79 Å². The highest BCUT2D eigenvalue weighted by Crippen LogP contribution is 2.17. The second kappa shape index (κ2) is 7.56. The van der Waals surface area contributed by atoms with Crippen LogP contribution in [0.2, 0.25) is 0 Å². The number of aliphatic carboxylic acids is 2. The topological polar surface area (TPSA) is 145 Å². The number of hydrogen-bond acceptors (Lipinski definition) is 6. The molecular weight excluding hydrogens is 332 g/mol. The largest absolute Gasteiger partial charge is 0.479 e. The molecule has 0 spiro atoms. The molecule has 0 saturated carbocycles. The quantitative estimate of drug-likeness (QED) is 0.510. The zero-order chi connectivity index (χ0) is 18.6. The van der Waals surface area contributed by atoms with Crippen molar-refractivity contribution in [3.8, 4) is 0 Å². The Kier molecular flexibility index (Phi) is 5.48. The minimum Gasteiger partial charge on any atom is -0.479 e. The molecule has 3 rings (SSSR count). The van der Waals surface area contributed by atoms with Crippen LogP contribution in [0.5, 0.6) is 0 Å². The van der Waals surface area contributed by atoms with Gasteiger partial charge >= 0.3 is 11.9 Å². The molecule has 2 unspecified atom stereocenters. The molecule has 0 aliphatic rings. The summed E-state index contributed by atoms with van der Waals surface area (Å²) in [5.74, 6) is -3.54. The van der Waals surface area contributed by atoms with Crippen LogP contribution in [0.15, 0.2) is 57.7 Å². The molecule has 1 heterocycles. The highest BCUT2D eigenvalue weighted by Gasteiger charge is 2.29. The SMILES string of the molecule is O=C(O)C(O)C(O)C(=O)O.O=c1c2ccccc2oc2ccccc12. The van der Waals surface area contributed by atoms with Crippen molar-refractivity contribution in [2.45, 2.75) is 12.2 Å². The first-order chi connectivity index (χ1) is 11.8. The average Bonchev–Trinajstić information content (AvgIpc) is 2.61. The van der Waals surface area contributed by atoms with Crippen LogP contribution in [-0.4, -0.2) is 44.6 Å². The van der Waals surface area contributed by atoms with Crippen LogP contribution in [0, 0.1) is 0 Å². The third-order valence-corrected chi connectivity index (χ3v) is 3.29. The highest BCUT2D eigenvalue weighted by molar-refractivity contribution is 5.89. The summed E-state index contributed by atoms with van der Waals surface area (Å²) in [5, 5.41) is 33.8. The zero-order valence-corrected chi connectivity index (χ0v) is 12.7. The molecule has 8 heteroatoms. The van der Waals surface area contributed by atoms with Crippen molar-refractivity contribution in [2.75, 3.05) is 0 Å². The van der Waals surface area contributed by atoms with Crippen molar-refractivity contribution in [3.63, 3.8) is 0 Å². The van der Waals surface area contributed by atoms with E-state index >= 15 is 0 Å². The molecule has 2 aromatic carbocycles. The number of aliphatic hydroxyl groups is 2. The zero-order valence-electron chi connectivity index (χ0n) is 12.7. The van der Waals surface area contributed by atoms with E-state index in [1.165, 1.54) is 0 Å². The van der Waals surface area contributed by atoms with Crippen molar-refractivity contribution >= 4 is 33.9 Å². The lowest BCUT2D eigenvalue weighted by atomic mass is 10.1. The minimum absolute atomic E-state index is 0.0347. The number of carboxylic acid groups (broad SMARTS) is 2. The van der Waals surface area contributed by atoms with E-state index in [-0.39, 0.29) is 5.43 Å². The van der Waals surface area contributed by atoms with Crippen molar-refractivity contribution in [3.05, 3.63) is 58.8 Å². The Hall–Kier alpha value is -3.23. The first kappa shape index (κ1) is 18.1. The molecule has 3 aromatic rings. The smallest absolute Gasteiger partial charge is 0.335 e. The fourth-order valence-electron chi connectivity index (χ4n) is 2.02. The van der Waals surface area contributed by atoms with Crippen LogP contribution in [0.1, 0.15) is 0 Å². The average molecular weight is 346 g/mol. The number of aliphatic hydroxyl groups excluding tert-OH is 2. The molecule has 0 amide bonds. The van der Waals surface area contributed by atoms with E-state index in [0.29, 0.717) is 21.9 Å². The summed E-state index contributed by atoms with van der Waals surface area (Å²) in [6, 6.07) is 14.6. The summed E-state index contributed by atoms with van der Waals surface area (Å²) in [6.45, 7) is 0. The number of hydrogen-bond donors (Lipinski definition) is 4. The molecule has 0 radical (unpaired) electrons. The lowest BCUT2D eigenvalue weighted by molar-refractivity contribution is -0.165. The minimum atomic E-state index is -2.27. The van der Waals surface area contributed by atoms with Crippen LogP contribution in [0.25, 0.3) is 21.9 Å². The summed E-state index contributed by atoms with van der Waals surface area (Å²) in [5.41, 5.74) is 1.31. The van der Waals surface area contributed by atoms with E-state index < -0.39 is 24.1 Å². The van der Waals surface area contributed by atoms with E-state index in [1.54, 1.807) is 12.1 Å². The summed E-state index contributed by atoms with van der Waals surface area (Å²) >= 11 is 0. The van der Waals surface area contributed by atoms with Crippen LogP contribution in [-0.2, 0) is 9.59 Å². The van der Waals surface area contributed by atoms with Crippen molar-refractivity contribution in [1.29, 1.82) is 0 Å². The van der Waals surface area contributed by atoms with Crippen LogP contribution in [0.3, 0.4) is 0 Å². The molecule has 4 N–H and O–H groups in total. The van der Waals surface area contributed by atoms with E-state index in [2.05, 4.69) is 0 Å². The summed E-state index contributed by atoms with van der Waals surface area (Å²) in [6.07, 6.45) is -4.53. The number of rotatable bonds is 3. The van der Waals surface area contributed by atoms with Gasteiger partial charge in [0, 0.05) is 0 Å². The second-order valence-electron chi connectivity index (χ2n) is 4.99. The fraction of sp³-hybridized carbons (Fsp3) is 0.118. The number of para-hydroxylation sites is 2. The van der Waals surface area contributed by atoms with E-state index in [1.807, 2.05) is 36.4 Å². The van der Waals surface area contributed by atoms with Gasteiger partial charge in [0.1, 0.15) is 11.2 Å². The molecule has 130 valence electrons. The second-order valence-corrected chi connectivity index (χ2v) is 4.99. The molecular formula is C17H14O8. The Labute approximate surface area is 140 Å². The molecule has 0 bridgehead atoms. The molecule has 0 saturated heterocycles. The lowest BCUT2D eigenvalue weighted by Gasteiger charge is -2.07. The molecule has 1 aromatic heterocycles. The van der Waals surface area contributed by atoms with Gasteiger partial charge in [-0.05, 0) is 24.3 Å². The molecule has 0 fully saturated rings. The standard InChI is InChI=1S/C13H8O2.C4H6O6/c14-13-9-5-1-3-7-11(9)15-12-8-4-2-6-10(12)13;5-1(3(7)8)2(6)4(9)10/h1-8H;1-2,5-6H,(H,7,8)(H,9,10). The molecule has 8 nitrogen and oxygen atoms in total. The van der Waals surface area contributed by atoms with Gasteiger partial charge in [0.15, 0.2) is 12.2 Å². The maximum absolute atomic E-state index is 12.0. The van der Waals surface area contributed by atoms with E-state index in [4.69, 9.17) is 24.8 Å². The third-order valence-electron chi connectivity index (χ3n) is 3.29. The Morgan fingerprint density at radius 3 is 1.48 bits per heavy atom. The maximum atomic E-state index is 12.0. The number of fused-ring (bicyclic) bond motifs is 2. The van der Waals surface area contributed by atoms with Gasteiger partial charge in [-0.2, -0.15) is 0 Å². The number of benzene rings is 2. The Balaban J connectivity index is 0.000000199. The van der Waals surface area contributed by atoms with E-state index in [0.717, 1.165) is 0 Å². The predicted octanol–water partition coefficient (Wildman–Crippen LogP) is 0.824. The predicted molar refractivity (Wildman–Crippen MR) is 87.3 cm³/mol. The van der Waals surface area contributed by atoms with Gasteiger partial charge < -0.3 is 24.8 Å².